The van der Waals surface area contributed by atoms with Crippen LogP contribution in [-0.4, -0.2) is 47.8 Å². The van der Waals surface area contributed by atoms with Crippen molar-refractivity contribution < 1.29 is 9.59 Å². The largest absolute Gasteiger partial charge is 0.343 e. The Morgan fingerprint density at radius 2 is 1.81 bits per heavy atom. The molecule has 1 aromatic carbocycles. The first-order valence-electron chi connectivity index (χ1n) is 9.68. The molecule has 0 radical (unpaired) electrons. The Hall–Kier alpha value is -2.14. The molecule has 3 heterocycles. The number of fused-ring (bicyclic) bond motifs is 2. The van der Waals surface area contributed by atoms with E-state index in [1.807, 2.05) is 41.4 Å². The van der Waals surface area contributed by atoms with Crippen LogP contribution < -0.4 is 5.32 Å². The van der Waals surface area contributed by atoms with Crippen molar-refractivity contribution in [2.75, 3.05) is 26.2 Å². The number of rotatable bonds is 2. The van der Waals surface area contributed by atoms with Crippen molar-refractivity contribution in [1.82, 2.24) is 15.1 Å². The molecule has 2 fully saturated rings. The molecule has 0 bridgehead atoms. The first kappa shape index (κ1) is 17.3. The van der Waals surface area contributed by atoms with Crippen LogP contribution in [0.1, 0.15) is 43.4 Å². The summed E-state index contributed by atoms with van der Waals surface area (Å²) in [6, 6.07) is 7.85. The van der Waals surface area contributed by atoms with Crippen LogP contribution >= 0.6 is 0 Å². The summed E-state index contributed by atoms with van der Waals surface area (Å²) < 4.78 is 0. The SMILES string of the molecule is CC(=O)N1C=Cc2ccccc2C1CC(=O)N1CC[C@@H]2CNC[C@@H]2CC1. The molecule has 1 unspecified atom stereocenters. The monoisotopic (exact) mass is 353 g/mol. The van der Waals surface area contributed by atoms with E-state index in [2.05, 4.69) is 5.32 Å². The predicted octanol–water partition coefficient (Wildman–Crippen LogP) is 2.41. The molecule has 2 amide bonds. The fourth-order valence-electron chi connectivity index (χ4n) is 4.68. The van der Waals surface area contributed by atoms with Gasteiger partial charge >= 0.3 is 0 Å². The summed E-state index contributed by atoms with van der Waals surface area (Å²) in [5.41, 5.74) is 2.16. The van der Waals surface area contributed by atoms with Crippen molar-refractivity contribution >= 4 is 17.9 Å². The normalized spacial score (nSPS) is 27.7. The highest BCUT2D eigenvalue weighted by atomic mass is 16.2. The third-order valence-corrected chi connectivity index (χ3v) is 6.21. The number of likely N-dealkylation sites (tertiary alicyclic amines) is 1. The lowest BCUT2D eigenvalue weighted by atomic mass is 9.92. The third kappa shape index (κ3) is 3.28. The quantitative estimate of drug-likeness (QED) is 0.888. The number of amides is 2. The smallest absolute Gasteiger partial charge is 0.225 e. The first-order valence-corrected chi connectivity index (χ1v) is 9.68. The minimum Gasteiger partial charge on any atom is -0.343 e. The standard InChI is InChI=1S/C21H27N3O2/c1-15(25)24-11-8-16-4-2-3-5-19(16)20(24)12-21(26)23-9-6-17-13-22-14-18(17)7-10-23/h2-5,8,11,17-18,20,22H,6-7,9-10,12-14H2,1H3/t17-,18+,20?. The molecule has 3 atom stereocenters. The minimum atomic E-state index is -0.203. The highest BCUT2D eigenvalue weighted by Crippen LogP contribution is 2.34. The number of hydrogen-bond acceptors (Lipinski definition) is 3. The zero-order chi connectivity index (χ0) is 18.1. The van der Waals surface area contributed by atoms with Gasteiger partial charge in [-0.2, -0.15) is 0 Å². The van der Waals surface area contributed by atoms with Crippen LogP contribution in [0.2, 0.25) is 0 Å². The van der Waals surface area contributed by atoms with Crippen molar-refractivity contribution in [2.45, 2.75) is 32.2 Å². The van der Waals surface area contributed by atoms with Gasteiger partial charge in [0.25, 0.3) is 0 Å². The average molecular weight is 353 g/mol. The molecule has 0 aliphatic carbocycles. The molecule has 0 aromatic heterocycles. The fourth-order valence-corrected chi connectivity index (χ4v) is 4.68. The van der Waals surface area contributed by atoms with Gasteiger partial charge in [0.2, 0.25) is 11.8 Å². The Labute approximate surface area is 155 Å². The van der Waals surface area contributed by atoms with E-state index in [1.54, 1.807) is 11.8 Å². The van der Waals surface area contributed by atoms with Crippen LogP contribution in [0.15, 0.2) is 30.5 Å². The number of nitrogens with one attached hydrogen (secondary N) is 1. The van der Waals surface area contributed by atoms with Gasteiger partial charge in [0.1, 0.15) is 0 Å². The molecule has 138 valence electrons. The number of carbonyl (C=O) groups is 2. The van der Waals surface area contributed by atoms with Crippen LogP contribution in [0, 0.1) is 11.8 Å². The molecular formula is C21H27N3O2. The summed E-state index contributed by atoms with van der Waals surface area (Å²) in [5.74, 6) is 1.56. The number of hydrogen-bond donors (Lipinski definition) is 1. The molecule has 1 aromatic rings. The Bertz CT molecular complexity index is 716. The van der Waals surface area contributed by atoms with Gasteiger partial charge in [-0.25, -0.2) is 0 Å². The molecule has 5 nitrogen and oxygen atoms in total. The highest BCUT2D eigenvalue weighted by molar-refractivity contribution is 5.82. The van der Waals surface area contributed by atoms with Gasteiger partial charge < -0.3 is 15.1 Å². The number of benzene rings is 1. The summed E-state index contributed by atoms with van der Waals surface area (Å²) in [6.07, 6.45) is 6.30. The maximum absolute atomic E-state index is 13.1. The predicted molar refractivity (Wildman–Crippen MR) is 101 cm³/mol. The highest BCUT2D eigenvalue weighted by Gasteiger charge is 2.34. The lowest BCUT2D eigenvalue weighted by Crippen LogP contribution is -2.38. The lowest BCUT2D eigenvalue weighted by molar-refractivity contribution is -0.134. The van der Waals surface area contributed by atoms with Crippen LogP contribution in [0.25, 0.3) is 6.08 Å². The Kier molecular flexibility index (Phi) is 4.81. The summed E-state index contributed by atoms with van der Waals surface area (Å²) in [5, 5.41) is 3.48. The summed E-state index contributed by atoms with van der Waals surface area (Å²) >= 11 is 0. The molecule has 4 rings (SSSR count). The van der Waals surface area contributed by atoms with Gasteiger partial charge in [-0.1, -0.05) is 24.3 Å². The molecule has 5 heteroatoms. The van der Waals surface area contributed by atoms with Crippen LogP contribution in [-0.2, 0) is 9.59 Å². The van der Waals surface area contributed by atoms with Gasteiger partial charge in [0.05, 0.1) is 12.5 Å². The fraction of sp³-hybridized carbons (Fsp3) is 0.524. The third-order valence-electron chi connectivity index (χ3n) is 6.21. The second-order valence-electron chi connectivity index (χ2n) is 7.73. The topological polar surface area (TPSA) is 52.7 Å². The van der Waals surface area contributed by atoms with Crippen molar-refractivity contribution in [3.05, 3.63) is 41.6 Å². The summed E-state index contributed by atoms with van der Waals surface area (Å²) in [4.78, 5) is 28.9. The molecule has 0 spiro atoms. The molecule has 2 saturated heterocycles. The van der Waals surface area contributed by atoms with E-state index in [1.165, 1.54) is 0 Å². The summed E-state index contributed by atoms with van der Waals surface area (Å²) in [6.45, 7) is 5.42. The summed E-state index contributed by atoms with van der Waals surface area (Å²) in [7, 11) is 0. The molecule has 3 aliphatic heterocycles. The molecule has 26 heavy (non-hydrogen) atoms. The van der Waals surface area contributed by atoms with Gasteiger partial charge in [0.15, 0.2) is 0 Å². The molecule has 3 aliphatic rings. The van der Waals surface area contributed by atoms with Crippen molar-refractivity contribution in [3.8, 4) is 0 Å². The van der Waals surface area contributed by atoms with E-state index < -0.39 is 0 Å². The molecule has 1 N–H and O–H groups in total. The average Bonchev–Trinajstić information content (AvgIpc) is 2.99. The maximum atomic E-state index is 13.1. The maximum Gasteiger partial charge on any atom is 0.225 e. The van der Waals surface area contributed by atoms with Crippen molar-refractivity contribution in [3.63, 3.8) is 0 Å². The van der Waals surface area contributed by atoms with E-state index in [0.29, 0.717) is 18.3 Å². The van der Waals surface area contributed by atoms with Crippen molar-refractivity contribution in [1.29, 1.82) is 0 Å². The lowest BCUT2D eigenvalue weighted by Gasteiger charge is -2.33. The Morgan fingerprint density at radius 3 is 2.50 bits per heavy atom. The zero-order valence-corrected chi connectivity index (χ0v) is 15.4. The van der Waals surface area contributed by atoms with Gasteiger partial charge in [-0.3, -0.25) is 9.59 Å². The van der Waals surface area contributed by atoms with E-state index in [9.17, 15) is 9.59 Å². The van der Waals surface area contributed by atoms with E-state index in [-0.39, 0.29) is 17.9 Å². The van der Waals surface area contributed by atoms with Gasteiger partial charge in [0, 0.05) is 26.2 Å². The second kappa shape index (κ2) is 7.23. The van der Waals surface area contributed by atoms with Crippen LogP contribution in [0.4, 0.5) is 0 Å². The zero-order valence-electron chi connectivity index (χ0n) is 15.4. The van der Waals surface area contributed by atoms with Crippen molar-refractivity contribution in [2.24, 2.45) is 11.8 Å². The molecule has 0 saturated carbocycles. The van der Waals surface area contributed by atoms with Crippen LogP contribution in [0.5, 0.6) is 0 Å². The van der Waals surface area contributed by atoms with E-state index in [4.69, 9.17) is 0 Å². The van der Waals surface area contributed by atoms with Gasteiger partial charge in [-0.05, 0) is 55.0 Å². The number of nitrogens with zero attached hydrogens (tertiary/aromatic N) is 2. The van der Waals surface area contributed by atoms with Crippen LogP contribution in [0.3, 0.4) is 0 Å². The number of carbonyl (C=O) groups excluding carboxylic acids is 2. The van der Waals surface area contributed by atoms with Gasteiger partial charge in [-0.15, -0.1) is 0 Å². The second-order valence-corrected chi connectivity index (χ2v) is 7.73. The molecular weight excluding hydrogens is 326 g/mol. The minimum absolute atomic E-state index is 0.0231. The Morgan fingerprint density at radius 1 is 1.12 bits per heavy atom. The Balaban J connectivity index is 1.50. The van der Waals surface area contributed by atoms with E-state index >= 15 is 0 Å². The van der Waals surface area contributed by atoms with E-state index in [0.717, 1.165) is 50.1 Å². The first-order chi connectivity index (χ1) is 12.6.